The quantitative estimate of drug-likeness (QED) is 0.797. The molecule has 0 amide bonds. The molecule has 80 valence electrons. The predicted octanol–water partition coefficient (Wildman–Crippen LogP) is 1.97. The smallest absolute Gasteiger partial charge is 0.302 e. The van der Waals surface area contributed by atoms with Crippen molar-refractivity contribution in [2.45, 2.75) is 6.54 Å². The molecule has 0 N–H and O–H groups in total. The van der Waals surface area contributed by atoms with Crippen LogP contribution in [0.2, 0.25) is 0 Å². The van der Waals surface area contributed by atoms with Crippen molar-refractivity contribution < 1.29 is 4.39 Å². The van der Waals surface area contributed by atoms with Gasteiger partial charge in [0, 0.05) is 11.6 Å². The van der Waals surface area contributed by atoms with Crippen LogP contribution in [0.25, 0.3) is 0 Å². The molecule has 0 atom stereocenters. The summed E-state index contributed by atoms with van der Waals surface area (Å²) in [4.78, 5) is 11.2. The molecule has 16 heavy (non-hydrogen) atoms. The van der Waals surface area contributed by atoms with E-state index in [0.717, 1.165) is 16.9 Å². The van der Waals surface area contributed by atoms with E-state index in [1.807, 2.05) is 0 Å². The number of nitriles is 1. The highest BCUT2D eigenvalue weighted by Gasteiger charge is 2.04. The van der Waals surface area contributed by atoms with E-state index >= 15 is 0 Å². The summed E-state index contributed by atoms with van der Waals surface area (Å²) in [5.74, 6) is -0.538. The van der Waals surface area contributed by atoms with Crippen LogP contribution in [0.3, 0.4) is 0 Å². The second kappa shape index (κ2) is 4.29. The fraction of sp³-hybridized carbons (Fsp3) is 0.0909. The van der Waals surface area contributed by atoms with Crippen LogP contribution in [0, 0.1) is 17.1 Å². The van der Waals surface area contributed by atoms with Crippen molar-refractivity contribution in [3.63, 3.8) is 0 Å². The fourth-order valence-electron chi connectivity index (χ4n) is 1.36. The minimum absolute atomic E-state index is 0.000721. The second-order valence-corrected chi connectivity index (χ2v) is 4.08. The average Bonchev–Trinajstić information content (AvgIpc) is 2.67. The molecular formula is C11H7FN2OS. The number of halogens is 1. The number of hydrogen-bond acceptors (Lipinski definition) is 3. The summed E-state index contributed by atoms with van der Waals surface area (Å²) >= 11 is 1.11. The molecule has 1 aromatic carbocycles. The third kappa shape index (κ3) is 2.02. The maximum Gasteiger partial charge on any atom is 0.307 e. The van der Waals surface area contributed by atoms with Gasteiger partial charge >= 0.3 is 4.87 Å². The van der Waals surface area contributed by atoms with Gasteiger partial charge in [-0.1, -0.05) is 17.4 Å². The minimum Gasteiger partial charge on any atom is -0.302 e. The Morgan fingerprint density at radius 1 is 1.50 bits per heavy atom. The Balaban J connectivity index is 2.33. The minimum atomic E-state index is -0.538. The van der Waals surface area contributed by atoms with Gasteiger partial charge in [0.2, 0.25) is 0 Å². The molecule has 0 aliphatic heterocycles. The zero-order valence-corrected chi connectivity index (χ0v) is 9.00. The Morgan fingerprint density at radius 3 is 2.94 bits per heavy atom. The Kier molecular flexibility index (Phi) is 2.84. The van der Waals surface area contributed by atoms with Gasteiger partial charge in [0.1, 0.15) is 11.9 Å². The van der Waals surface area contributed by atoms with Gasteiger partial charge in [0.05, 0.1) is 12.1 Å². The van der Waals surface area contributed by atoms with Gasteiger partial charge in [0.15, 0.2) is 0 Å². The first kappa shape index (κ1) is 10.6. The van der Waals surface area contributed by atoms with E-state index in [2.05, 4.69) is 0 Å². The molecule has 2 rings (SSSR count). The third-order valence-electron chi connectivity index (χ3n) is 2.15. The topological polar surface area (TPSA) is 45.8 Å². The lowest BCUT2D eigenvalue weighted by atomic mass is 10.1. The molecule has 0 saturated carbocycles. The lowest BCUT2D eigenvalue weighted by molar-refractivity contribution is 0.622. The molecule has 0 aliphatic carbocycles. The number of rotatable bonds is 2. The number of hydrogen-bond donors (Lipinski definition) is 0. The highest BCUT2D eigenvalue weighted by atomic mass is 32.1. The summed E-state index contributed by atoms with van der Waals surface area (Å²) in [6, 6.07) is 6.04. The van der Waals surface area contributed by atoms with E-state index in [1.165, 1.54) is 16.7 Å². The molecule has 5 heteroatoms. The van der Waals surface area contributed by atoms with Gasteiger partial charge in [-0.25, -0.2) is 4.39 Å². The van der Waals surface area contributed by atoms with Gasteiger partial charge < -0.3 is 4.57 Å². The lowest BCUT2D eigenvalue weighted by Crippen LogP contribution is -2.12. The second-order valence-electron chi connectivity index (χ2n) is 3.22. The molecule has 2 aromatic rings. The molecule has 1 aromatic heterocycles. The summed E-state index contributed by atoms with van der Waals surface area (Å²) in [7, 11) is 0. The number of aromatic nitrogens is 1. The van der Waals surface area contributed by atoms with Gasteiger partial charge in [-0.15, -0.1) is 0 Å². The first-order valence-corrected chi connectivity index (χ1v) is 5.41. The molecule has 0 radical (unpaired) electrons. The van der Waals surface area contributed by atoms with Gasteiger partial charge in [-0.2, -0.15) is 5.26 Å². The Bertz CT molecular complexity index is 609. The molecule has 0 bridgehead atoms. The van der Waals surface area contributed by atoms with E-state index in [-0.39, 0.29) is 10.4 Å². The van der Waals surface area contributed by atoms with Gasteiger partial charge in [0.25, 0.3) is 0 Å². The van der Waals surface area contributed by atoms with Gasteiger partial charge in [-0.05, 0) is 17.7 Å². The van der Waals surface area contributed by atoms with Gasteiger partial charge in [-0.3, -0.25) is 4.79 Å². The molecule has 0 aliphatic rings. The van der Waals surface area contributed by atoms with Crippen LogP contribution in [0.15, 0.2) is 34.6 Å². The van der Waals surface area contributed by atoms with Crippen LogP contribution >= 0.6 is 11.3 Å². The van der Waals surface area contributed by atoms with Crippen molar-refractivity contribution in [2.75, 3.05) is 0 Å². The Labute approximate surface area is 95.0 Å². The zero-order chi connectivity index (χ0) is 11.5. The molecule has 0 fully saturated rings. The van der Waals surface area contributed by atoms with E-state index in [1.54, 1.807) is 23.7 Å². The SMILES string of the molecule is N#Cc1cc(Cn2ccsc2=O)ccc1F. The van der Waals surface area contributed by atoms with Crippen LogP contribution in [-0.2, 0) is 6.54 Å². The monoisotopic (exact) mass is 234 g/mol. The summed E-state index contributed by atoms with van der Waals surface area (Å²) in [5.41, 5.74) is 0.735. The Morgan fingerprint density at radius 2 is 2.31 bits per heavy atom. The number of nitrogens with zero attached hydrogens (tertiary/aromatic N) is 2. The number of thiazole rings is 1. The van der Waals surface area contributed by atoms with Crippen molar-refractivity contribution in [3.8, 4) is 6.07 Å². The van der Waals surface area contributed by atoms with Crippen LogP contribution in [0.4, 0.5) is 4.39 Å². The maximum atomic E-state index is 13.0. The summed E-state index contributed by atoms with van der Waals surface area (Å²) in [5, 5.41) is 10.4. The highest BCUT2D eigenvalue weighted by molar-refractivity contribution is 7.07. The molecular weight excluding hydrogens is 227 g/mol. The maximum absolute atomic E-state index is 13.0. The van der Waals surface area contributed by atoms with Crippen molar-refractivity contribution in [1.82, 2.24) is 4.57 Å². The number of benzene rings is 1. The van der Waals surface area contributed by atoms with Crippen LogP contribution in [0.1, 0.15) is 11.1 Å². The normalized spacial score (nSPS) is 10.0. The largest absolute Gasteiger partial charge is 0.307 e. The molecule has 3 nitrogen and oxygen atoms in total. The predicted molar refractivity (Wildman–Crippen MR) is 58.8 cm³/mol. The highest BCUT2D eigenvalue weighted by Crippen LogP contribution is 2.10. The van der Waals surface area contributed by atoms with Crippen LogP contribution in [0.5, 0.6) is 0 Å². The molecule has 0 saturated heterocycles. The van der Waals surface area contributed by atoms with Crippen molar-refractivity contribution >= 4 is 11.3 Å². The third-order valence-corrected chi connectivity index (χ3v) is 2.84. The molecule has 1 heterocycles. The first-order valence-electron chi connectivity index (χ1n) is 4.53. The van der Waals surface area contributed by atoms with Crippen molar-refractivity contribution in [3.05, 3.63) is 56.4 Å². The lowest BCUT2D eigenvalue weighted by Gasteiger charge is -2.02. The summed E-state index contributed by atoms with van der Waals surface area (Å²) < 4.78 is 14.6. The van der Waals surface area contributed by atoms with E-state index in [4.69, 9.17) is 5.26 Å². The van der Waals surface area contributed by atoms with E-state index < -0.39 is 5.82 Å². The summed E-state index contributed by atoms with van der Waals surface area (Å²) in [6.45, 7) is 0.358. The standard InChI is InChI=1S/C11H7FN2OS/c12-10-2-1-8(5-9(10)6-13)7-14-3-4-16-11(14)15/h1-5H,7H2. The van der Waals surface area contributed by atoms with Crippen molar-refractivity contribution in [2.24, 2.45) is 0 Å². The molecule has 0 unspecified atom stereocenters. The average molecular weight is 234 g/mol. The zero-order valence-electron chi connectivity index (χ0n) is 8.18. The van der Waals surface area contributed by atoms with Crippen LogP contribution < -0.4 is 4.87 Å². The summed E-state index contributed by atoms with van der Waals surface area (Å²) in [6.07, 6.45) is 1.67. The van der Waals surface area contributed by atoms with Crippen LogP contribution in [-0.4, -0.2) is 4.57 Å². The first-order chi connectivity index (χ1) is 7.70. The van der Waals surface area contributed by atoms with E-state index in [9.17, 15) is 9.18 Å². The fourth-order valence-corrected chi connectivity index (χ4v) is 1.95. The van der Waals surface area contributed by atoms with Crippen molar-refractivity contribution in [1.29, 1.82) is 5.26 Å². The Hall–Kier alpha value is -1.93. The molecule has 0 spiro atoms. The van der Waals surface area contributed by atoms with E-state index in [0.29, 0.717) is 6.54 Å².